The van der Waals surface area contributed by atoms with Crippen molar-refractivity contribution in [2.24, 2.45) is 11.7 Å². The average molecular weight is 568 g/mol. The number of carbonyl (C=O) groups is 4. The van der Waals surface area contributed by atoms with E-state index in [9.17, 15) is 34.5 Å². The van der Waals surface area contributed by atoms with E-state index in [0.29, 0.717) is 11.1 Å². The zero-order valence-electron chi connectivity index (χ0n) is 23.1. The van der Waals surface area contributed by atoms with Gasteiger partial charge < -0.3 is 42.0 Å². The molecule has 220 valence electrons. The summed E-state index contributed by atoms with van der Waals surface area (Å²) in [7, 11) is 0. The summed E-state index contributed by atoms with van der Waals surface area (Å²) in [5.41, 5.74) is 7.94. The summed E-state index contributed by atoms with van der Waals surface area (Å²) in [5, 5.41) is 38.1. The number of aliphatic carboxylic acids is 1. The Labute approximate surface area is 237 Å². The lowest BCUT2D eigenvalue weighted by molar-refractivity contribution is -0.142. The lowest BCUT2D eigenvalue weighted by Crippen LogP contribution is -2.60. The monoisotopic (exact) mass is 567 g/mol. The molecule has 2 aromatic carbocycles. The molecule has 0 fully saturated rings. The molecule has 0 spiro atoms. The highest BCUT2D eigenvalue weighted by atomic mass is 16.4. The molecule has 0 aliphatic heterocycles. The zero-order chi connectivity index (χ0) is 30.3. The number of aliphatic hydroxyl groups is 1. The molecule has 0 saturated heterocycles. The van der Waals surface area contributed by atoms with Gasteiger partial charge in [0.2, 0.25) is 17.7 Å². The van der Waals surface area contributed by atoms with Gasteiger partial charge in [-0.1, -0.05) is 44.2 Å². The van der Waals surface area contributed by atoms with Gasteiger partial charge in [0.05, 0.1) is 12.1 Å². The Bertz CT molecular complexity index is 1370. The van der Waals surface area contributed by atoms with E-state index in [4.69, 9.17) is 5.73 Å². The summed E-state index contributed by atoms with van der Waals surface area (Å²) in [6.45, 7) is 4.77. The Hall–Kier alpha value is -4.42. The smallest absolute Gasteiger partial charge is 0.326 e. The Morgan fingerprint density at radius 1 is 0.854 bits per heavy atom. The number of H-pyrrole nitrogens is 1. The van der Waals surface area contributed by atoms with Gasteiger partial charge in [0.15, 0.2) is 0 Å². The first kappa shape index (κ1) is 31.1. The summed E-state index contributed by atoms with van der Waals surface area (Å²) in [6.07, 6.45) is 0.262. The summed E-state index contributed by atoms with van der Waals surface area (Å²) >= 11 is 0. The van der Waals surface area contributed by atoms with Crippen LogP contribution in [0.3, 0.4) is 0 Å². The minimum atomic E-state index is -1.43. The number of rotatable bonds is 13. The number of amides is 3. The van der Waals surface area contributed by atoms with Crippen LogP contribution in [-0.4, -0.2) is 74.3 Å². The Kier molecular flexibility index (Phi) is 10.5. The molecule has 12 heteroatoms. The van der Waals surface area contributed by atoms with Crippen molar-refractivity contribution in [2.45, 2.75) is 63.9 Å². The van der Waals surface area contributed by atoms with Crippen LogP contribution in [0.25, 0.3) is 10.9 Å². The van der Waals surface area contributed by atoms with Crippen molar-refractivity contribution >= 4 is 34.6 Å². The van der Waals surface area contributed by atoms with Crippen molar-refractivity contribution in [1.82, 2.24) is 20.9 Å². The van der Waals surface area contributed by atoms with Crippen molar-refractivity contribution < 1.29 is 34.5 Å². The van der Waals surface area contributed by atoms with Crippen molar-refractivity contribution in [3.63, 3.8) is 0 Å². The number of para-hydroxylation sites is 1. The molecule has 12 nitrogen and oxygen atoms in total. The molecular formula is C29H37N5O7. The highest BCUT2D eigenvalue weighted by Gasteiger charge is 2.33. The van der Waals surface area contributed by atoms with Gasteiger partial charge in [-0.25, -0.2) is 4.79 Å². The number of carboxylic acid groups (broad SMARTS) is 1. The first-order valence-corrected chi connectivity index (χ1v) is 13.3. The van der Waals surface area contributed by atoms with E-state index in [1.165, 1.54) is 19.1 Å². The van der Waals surface area contributed by atoms with Crippen LogP contribution in [0.2, 0.25) is 0 Å². The second kappa shape index (κ2) is 13.8. The van der Waals surface area contributed by atoms with Crippen molar-refractivity contribution in [1.29, 1.82) is 0 Å². The van der Waals surface area contributed by atoms with Crippen LogP contribution < -0.4 is 21.7 Å². The second-order valence-corrected chi connectivity index (χ2v) is 10.4. The Balaban J connectivity index is 1.83. The zero-order valence-corrected chi connectivity index (χ0v) is 23.1. The molecule has 0 aliphatic rings. The number of carbonyl (C=O) groups excluding carboxylic acids is 3. The maximum atomic E-state index is 13.5. The van der Waals surface area contributed by atoms with Gasteiger partial charge >= 0.3 is 5.97 Å². The molecule has 1 heterocycles. The number of hydrogen-bond acceptors (Lipinski definition) is 7. The number of aliphatic hydroxyl groups excluding tert-OH is 1. The predicted octanol–water partition coefficient (Wildman–Crippen LogP) is 0.562. The molecule has 3 amide bonds. The fraction of sp³-hybridized carbons (Fsp3) is 0.379. The SMILES string of the molecule is CC(C)C(N)C(=O)NC(C(=O)NC(Cc1ccc(O)cc1)C(=O)NC(Cc1c[nH]c2ccccc12)C(=O)O)C(C)O. The van der Waals surface area contributed by atoms with Crippen LogP contribution in [0.4, 0.5) is 0 Å². The Morgan fingerprint density at radius 3 is 2.10 bits per heavy atom. The van der Waals surface area contributed by atoms with E-state index in [1.54, 1.807) is 32.2 Å². The van der Waals surface area contributed by atoms with Crippen LogP contribution in [0, 0.1) is 5.92 Å². The quantitative estimate of drug-likeness (QED) is 0.146. The summed E-state index contributed by atoms with van der Waals surface area (Å²) in [6, 6.07) is 8.32. The minimum absolute atomic E-state index is 0.00169. The van der Waals surface area contributed by atoms with Gasteiger partial charge in [-0.3, -0.25) is 14.4 Å². The molecule has 5 atom stereocenters. The number of phenolic OH excluding ortho intramolecular Hbond substituents is 1. The molecular weight excluding hydrogens is 530 g/mol. The van der Waals surface area contributed by atoms with Gasteiger partial charge in [0, 0.05) is 29.9 Å². The highest BCUT2D eigenvalue weighted by molar-refractivity contribution is 5.95. The molecule has 3 rings (SSSR count). The molecule has 0 aliphatic carbocycles. The number of aromatic amines is 1. The van der Waals surface area contributed by atoms with Crippen molar-refractivity contribution in [2.75, 3.05) is 0 Å². The third-order valence-corrected chi connectivity index (χ3v) is 6.81. The summed E-state index contributed by atoms with van der Waals surface area (Å²) < 4.78 is 0. The number of benzene rings is 2. The van der Waals surface area contributed by atoms with E-state index < -0.39 is 54.0 Å². The molecule has 5 unspecified atom stereocenters. The van der Waals surface area contributed by atoms with Gasteiger partial charge in [0.25, 0.3) is 0 Å². The highest BCUT2D eigenvalue weighted by Crippen LogP contribution is 2.19. The largest absolute Gasteiger partial charge is 0.508 e. The third kappa shape index (κ3) is 8.29. The van der Waals surface area contributed by atoms with Crippen LogP contribution in [0.1, 0.15) is 31.9 Å². The predicted molar refractivity (Wildman–Crippen MR) is 152 cm³/mol. The first-order valence-electron chi connectivity index (χ1n) is 13.3. The van der Waals surface area contributed by atoms with E-state index in [-0.39, 0.29) is 24.5 Å². The number of nitrogens with two attached hydrogens (primary N) is 1. The van der Waals surface area contributed by atoms with Crippen molar-refractivity contribution in [3.8, 4) is 5.75 Å². The van der Waals surface area contributed by atoms with E-state index in [2.05, 4.69) is 20.9 Å². The molecule has 3 aromatic rings. The van der Waals surface area contributed by atoms with E-state index in [1.807, 2.05) is 24.3 Å². The molecule has 41 heavy (non-hydrogen) atoms. The normalized spacial score (nSPS) is 15.0. The van der Waals surface area contributed by atoms with Crippen molar-refractivity contribution in [3.05, 3.63) is 65.9 Å². The molecule has 0 bridgehead atoms. The number of nitrogens with one attached hydrogen (secondary N) is 4. The van der Waals surface area contributed by atoms with Crippen LogP contribution in [-0.2, 0) is 32.0 Å². The number of carboxylic acids is 1. The maximum absolute atomic E-state index is 13.5. The average Bonchev–Trinajstić information content (AvgIpc) is 3.33. The van der Waals surface area contributed by atoms with Crippen LogP contribution in [0.5, 0.6) is 5.75 Å². The van der Waals surface area contributed by atoms with Gasteiger partial charge in [-0.15, -0.1) is 0 Å². The third-order valence-electron chi connectivity index (χ3n) is 6.81. The lowest BCUT2D eigenvalue weighted by atomic mass is 10.0. The lowest BCUT2D eigenvalue weighted by Gasteiger charge is -2.27. The number of aromatic nitrogens is 1. The fourth-order valence-corrected chi connectivity index (χ4v) is 4.29. The van der Waals surface area contributed by atoms with Crippen LogP contribution >= 0.6 is 0 Å². The van der Waals surface area contributed by atoms with E-state index >= 15 is 0 Å². The number of fused-ring (bicyclic) bond motifs is 1. The standard InChI is InChI=1S/C29H37N5O7/c1-15(2)24(30)27(38)34-25(16(3)35)28(39)32-22(12-17-8-10-19(36)11-9-17)26(37)33-23(29(40)41)13-18-14-31-21-7-5-4-6-20(18)21/h4-11,14-16,22-25,31,35-36H,12-13,30H2,1-3H3,(H,32,39)(H,33,37)(H,34,38)(H,40,41). The maximum Gasteiger partial charge on any atom is 0.326 e. The topological polar surface area (TPSA) is 207 Å². The molecule has 1 aromatic heterocycles. The first-order chi connectivity index (χ1) is 19.4. The number of hydrogen-bond donors (Lipinski definition) is 8. The van der Waals surface area contributed by atoms with Gasteiger partial charge in [0.1, 0.15) is 23.9 Å². The fourth-order valence-electron chi connectivity index (χ4n) is 4.29. The molecule has 9 N–H and O–H groups in total. The minimum Gasteiger partial charge on any atom is -0.508 e. The Morgan fingerprint density at radius 2 is 1.49 bits per heavy atom. The number of phenols is 1. The van der Waals surface area contributed by atoms with Gasteiger partial charge in [-0.05, 0) is 42.2 Å². The van der Waals surface area contributed by atoms with Gasteiger partial charge in [-0.2, -0.15) is 0 Å². The molecule has 0 saturated carbocycles. The summed E-state index contributed by atoms with van der Waals surface area (Å²) in [4.78, 5) is 54.4. The number of aromatic hydroxyl groups is 1. The van der Waals surface area contributed by atoms with E-state index in [0.717, 1.165) is 10.9 Å². The van der Waals surface area contributed by atoms with Crippen LogP contribution in [0.15, 0.2) is 54.7 Å². The summed E-state index contributed by atoms with van der Waals surface area (Å²) in [5.74, 6) is -3.78. The molecule has 0 radical (unpaired) electrons. The second-order valence-electron chi connectivity index (χ2n) is 10.4.